The van der Waals surface area contributed by atoms with Gasteiger partial charge in [-0.2, -0.15) is 0 Å². The first-order valence-corrected chi connectivity index (χ1v) is 9.43. The average Bonchev–Trinajstić information content (AvgIpc) is 2.73. The molecular weight excluding hydrogens is 388 g/mol. The van der Waals surface area contributed by atoms with Crippen molar-refractivity contribution in [3.8, 4) is 5.75 Å². The van der Waals surface area contributed by atoms with E-state index in [0.29, 0.717) is 27.6 Å². The Labute approximate surface area is 174 Å². The minimum absolute atomic E-state index is 0.111. The normalized spacial score (nSPS) is 11.0. The fourth-order valence-electron chi connectivity index (χ4n) is 2.85. The molecule has 6 heteroatoms. The summed E-state index contributed by atoms with van der Waals surface area (Å²) < 4.78 is 5.92. The lowest BCUT2D eigenvalue weighted by molar-refractivity contribution is -0.131. The van der Waals surface area contributed by atoms with Crippen molar-refractivity contribution >= 4 is 29.0 Å². The maximum atomic E-state index is 12.9. The molecule has 148 valence electrons. The summed E-state index contributed by atoms with van der Waals surface area (Å²) in [5.74, 6) is 0.169. The molecule has 0 bridgehead atoms. The van der Waals surface area contributed by atoms with Gasteiger partial charge in [-0.15, -0.1) is 0 Å². The van der Waals surface area contributed by atoms with Crippen LogP contribution in [-0.2, 0) is 4.79 Å². The van der Waals surface area contributed by atoms with Crippen molar-refractivity contribution in [3.63, 3.8) is 0 Å². The van der Waals surface area contributed by atoms with Crippen molar-refractivity contribution in [2.75, 3.05) is 11.9 Å². The lowest BCUT2D eigenvalue weighted by atomic mass is 10.0. The van der Waals surface area contributed by atoms with Crippen molar-refractivity contribution in [3.05, 3.63) is 89.2 Å². The molecule has 0 saturated heterocycles. The van der Waals surface area contributed by atoms with Crippen LogP contribution in [0.25, 0.3) is 0 Å². The molecule has 3 rings (SSSR count). The second kappa shape index (κ2) is 8.45. The van der Waals surface area contributed by atoms with E-state index in [0.717, 1.165) is 0 Å². The highest BCUT2D eigenvalue weighted by Gasteiger charge is 2.33. The molecule has 0 aliphatic carbocycles. The fraction of sp³-hybridized carbons (Fsp3) is 0.174. The molecule has 5 nitrogen and oxygen atoms in total. The standard InChI is InChI=1S/C23H21ClN2O3/c1-23(2,22(28)26(3)19-5-4-14-25-15-19)29-20-12-8-17(9-13-20)21(27)16-6-10-18(24)11-7-16/h4-15H,1-3H3. The van der Waals surface area contributed by atoms with E-state index in [1.54, 1.807) is 94.0 Å². The van der Waals surface area contributed by atoms with Gasteiger partial charge in [-0.05, 0) is 74.5 Å². The van der Waals surface area contributed by atoms with Gasteiger partial charge in [-0.1, -0.05) is 11.6 Å². The minimum Gasteiger partial charge on any atom is -0.478 e. The van der Waals surface area contributed by atoms with Gasteiger partial charge in [0.1, 0.15) is 5.75 Å². The molecule has 1 amide bonds. The molecule has 0 aliphatic rings. The van der Waals surface area contributed by atoms with Crippen molar-refractivity contribution in [2.24, 2.45) is 0 Å². The van der Waals surface area contributed by atoms with Gasteiger partial charge in [-0.3, -0.25) is 14.6 Å². The number of nitrogens with zero attached hydrogens (tertiary/aromatic N) is 2. The summed E-state index contributed by atoms with van der Waals surface area (Å²) in [6.45, 7) is 3.41. The summed E-state index contributed by atoms with van der Waals surface area (Å²) in [7, 11) is 1.68. The van der Waals surface area contributed by atoms with E-state index in [9.17, 15) is 9.59 Å². The highest BCUT2D eigenvalue weighted by atomic mass is 35.5. The maximum Gasteiger partial charge on any atom is 0.270 e. The van der Waals surface area contributed by atoms with Gasteiger partial charge in [0.25, 0.3) is 5.91 Å². The van der Waals surface area contributed by atoms with E-state index in [1.807, 2.05) is 0 Å². The Morgan fingerprint density at radius 2 is 1.55 bits per heavy atom. The van der Waals surface area contributed by atoms with Crippen LogP contribution in [0, 0.1) is 0 Å². The van der Waals surface area contributed by atoms with Crippen LogP contribution in [0.5, 0.6) is 5.75 Å². The van der Waals surface area contributed by atoms with Crippen molar-refractivity contribution in [1.29, 1.82) is 0 Å². The van der Waals surface area contributed by atoms with Gasteiger partial charge in [-0.25, -0.2) is 0 Å². The number of likely N-dealkylation sites (N-methyl/N-ethyl adjacent to an activating group) is 1. The SMILES string of the molecule is CN(C(=O)C(C)(C)Oc1ccc(C(=O)c2ccc(Cl)cc2)cc1)c1cccnc1. The van der Waals surface area contributed by atoms with E-state index in [4.69, 9.17) is 16.3 Å². The first-order chi connectivity index (χ1) is 13.8. The summed E-state index contributed by atoms with van der Waals surface area (Å²) in [5, 5.41) is 0.577. The van der Waals surface area contributed by atoms with Crippen LogP contribution < -0.4 is 9.64 Å². The third-order valence-electron chi connectivity index (χ3n) is 4.45. The van der Waals surface area contributed by atoms with E-state index >= 15 is 0 Å². The third-order valence-corrected chi connectivity index (χ3v) is 4.70. The molecule has 0 radical (unpaired) electrons. The number of ether oxygens (including phenoxy) is 1. The highest BCUT2D eigenvalue weighted by Crippen LogP contribution is 2.24. The zero-order chi connectivity index (χ0) is 21.0. The number of aromatic nitrogens is 1. The monoisotopic (exact) mass is 408 g/mol. The summed E-state index contributed by atoms with van der Waals surface area (Å²) in [6, 6.07) is 17.0. The first-order valence-electron chi connectivity index (χ1n) is 9.05. The molecule has 0 aliphatic heterocycles. The Morgan fingerprint density at radius 3 is 2.10 bits per heavy atom. The number of carbonyl (C=O) groups is 2. The maximum absolute atomic E-state index is 12.9. The van der Waals surface area contributed by atoms with Crippen molar-refractivity contribution < 1.29 is 14.3 Å². The summed E-state index contributed by atoms with van der Waals surface area (Å²) in [4.78, 5) is 31.0. The van der Waals surface area contributed by atoms with Gasteiger partial charge >= 0.3 is 0 Å². The van der Waals surface area contributed by atoms with E-state index in [1.165, 1.54) is 4.90 Å². The van der Waals surface area contributed by atoms with E-state index in [-0.39, 0.29) is 11.7 Å². The van der Waals surface area contributed by atoms with Crippen LogP contribution in [0.3, 0.4) is 0 Å². The average molecular weight is 409 g/mol. The lowest BCUT2D eigenvalue weighted by Crippen LogP contribution is -2.47. The fourth-order valence-corrected chi connectivity index (χ4v) is 2.98. The molecule has 1 heterocycles. The molecule has 0 unspecified atom stereocenters. The number of amides is 1. The third kappa shape index (κ3) is 4.81. The smallest absolute Gasteiger partial charge is 0.270 e. The Bertz CT molecular complexity index is 1000. The number of ketones is 1. The van der Waals surface area contributed by atoms with Crippen molar-refractivity contribution in [1.82, 2.24) is 4.98 Å². The molecule has 3 aromatic rings. The van der Waals surface area contributed by atoms with Crippen molar-refractivity contribution in [2.45, 2.75) is 19.4 Å². The summed E-state index contributed by atoms with van der Waals surface area (Å²) >= 11 is 5.87. The van der Waals surface area contributed by atoms with Gasteiger partial charge in [0, 0.05) is 29.4 Å². The number of hydrogen-bond acceptors (Lipinski definition) is 4. The number of pyridine rings is 1. The van der Waals surface area contributed by atoms with E-state index in [2.05, 4.69) is 4.98 Å². The Hall–Kier alpha value is -3.18. The molecule has 2 aromatic carbocycles. The number of carbonyl (C=O) groups excluding carboxylic acids is 2. The van der Waals surface area contributed by atoms with Crippen LogP contribution in [0.15, 0.2) is 73.1 Å². The van der Waals surface area contributed by atoms with Gasteiger partial charge in [0.2, 0.25) is 0 Å². The number of halogens is 1. The largest absolute Gasteiger partial charge is 0.478 e. The molecule has 0 fully saturated rings. The predicted octanol–water partition coefficient (Wildman–Crippen LogP) is 4.79. The predicted molar refractivity (Wildman–Crippen MR) is 114 cm³/mol. The van der Waals surface area contributed by atoms with Crippen LogP contribution in [0.4, 0.5) is 5.69 Å². The zero-order valence-corrected chi connectivity index (χ0v) is 17.2. The second-order valence-electron chi connectivity index (χ2n) is 7.05. The number of benzene rings is 2. The number of rotatable bonds is 6. The molecular formula is C23H21ClN2O3. The molecule has 0 saturated carbocycles. The summed E-state index contributed by atoms with van der Waals surface area (Å²) in [5.41, 5.74) is 0.651. The molecule has 29 heavy (non-hydrogen) atoms. The van der Waals surface area contributed by atoms with E-state index < -0.39 is 5.60 Å². The lowest BCUT2D eigenvalue weighted by Gasteiger charge is -2.30. The minimum atomic E-state index is -1.10. The topological polar surface area (TPSA) is 59.5 Å². The quantitative estimate of drug-likeness (QED) is 0.550. The summed E-state index contributed by atoms with van der Waals surface area (Å²) in [6.07, 6.45) is 3.27. The first kappa shape index (κ1) is 20.6. The molecule has 1 aromatic heterocycles. The Morgan fingerprint density at radius 1 is 0.966 bits per heavy atom. The van der Waals surface area contributed by atoms with Crippen LogP contribution in [0.1, 0.15) is 29.8 Å². The zero-order valence-electron chi connectivity index (χ0n) is 16.4. The Kier molecular flexibility index (Phi) is 5.99. The van der Waals surface area contributed by atoms with Gasteiger partial charge in [0.15, 0.2) is 11.4 Å². The van der Waals surface area contributed by atoms with Crippen LogP contribution >= 0.6 is 11.6 Å². The van der Waals surface area contributed by atoms with Gasteiger partial charge in [0.05, 0.1) is 11.9 Å². The molecule has 0 spiro atoms. The van der Waals surface area contributed by atoms with Gasteiger partial charge < -0.3 is 9.64 Å². The molecule has 0 atom stereocenters. The Balaban J connectivity index is 1.72. The molecule has 0 N–H and O–H groups in total. The highest BCUT2D eigenvalue weighted by molar-refractivity contribution is 6.30. The van der Waals surface area contributed by atoms with Crippen LogP contribution in [-0.4, -0.2) is 29.3 Å². The number of hydrogen-bond donors (Lipinski definition) is 0. The van der Waals surface area contributed by atoms with Crippen LogP contribution in [0.2, 0.25) is 5.02 Å². The second-order valence-corrected chi connectivity index (χ2v) is 7.48. The number of anilines is 1.